The molecule has 25 nitrogen and oxygen atoms in total. The number of benzene rings is 5. The normalized spacial score (nSPS) is 9.35. The summed E-state index contributed by atoms with van der Waals surface area (Å²) in [7, 11) is 0. The van der Waals surface area contributed by atoms with E-state index < -0.39 is 127 Å². The number of carboxylic acids is 5. The zero-order valence-corrected chi connectivity index (χ0v) is 37.6. The quantitative estimate of drug-likeness (QED) is 0.0776. The van der Waals surface area contributed by atoms with Crippen LogP contribution in [0.3, 0.4) is 0 Å². The summed E-state index contributed by atoms with van der Waals surface area (Å²) < 4.78 is 0. The SMILES string of the molecule is O=C(O)c1cc(O)c(O)c(O)c1.O=C(O)c1cc(O)c(O)c(O)c1.O=C(O)c1cc(O)c(O)c(O)c1.O=C([O-])c1cc(O)c(O)c(O)c1.O=C([O-])c1cc(O)c(O)c(O)c1.[La].[Sr+2]. The second-order valence-electron chi connectivity index (χ2n) is 10.8. The van der Waals surface area contributed by atoms with E-state index in [1.165, 1.54) is 0 Å². The van der Waals surface area contributed by atoms with Crippen molar-refractivity contribution in [3.63, 3.8) is 0 Å². The van der Waals surface area contributed by atoms with E-state index >= 15 is 0 Å². The molecule has 0 aliphatic carbocycles. The van der Waals surface area contributed by atoms with Crippen LogP contribution in [0.2, 0.25) is 0 Å². The number of carboxylic acid groups (broad SMARTS) is 5. The van der Waals surface area contributed by atoms with E-state index in [0.717, 1.165) is 60.7 Å². The molecule has 0 saturated heterocycles. The maximum atomic E-state index is 10.3. The van der Waals surface area contributed by atoms with Crippen LogP contribution in [-0.2, 0) is 0 Å². The molecule has 62 heavy (non-hydrogen) atoms. The monoisotopic (exact) mass is 1070 g/mol. The Morgan fingerprint density at radius 3 is 0.500 bits per heavy atom. The number of phenolic OH excluding ortho intramolecular Hbond substituents is 15. The van der Waals surface area contributed by atoms with Gasteiger partial charge in [-0.3, -0.25) is 0 Å². The van der Waals surface area contributed by atoms with Crippen LogP contribution in [-0.4, -0.2) is 167 Å². The molecule has 323 valence electrons. The minimum Gasteiger partial charge on any atom is -0.545 e. The first-order valence-electron chi connectivity index (χ1n) is 15.0. The molecule has 0 aromatic heterocycles. The molecule has 0 fully saturated rings. The standard InChI is InChI=1S/5C7H6O5.La.Sr/c5*8-4-1-3(7(11)12)2-5(9)6(4)10;;/h5*1-2,8-10H,(H,11,12);;/q;;;;;;+2/p-2. The summed E-state index contributed by atoms with van der Waals surface area (Å²) in [6, 6.07) is 8.20. The van der Waals surface area contributed by atoms with Crippen molar-refractivity contribution in [2.75, 3.05) is 0 Å². The number of hydrogen-bond donors (Lipinski definition) is 18. The molecule has 0 heterocycles. The number of hydrogen-bond acceptors (Lipinski definition) is 22. The Morgan fingerprint density at radius 1 is 0.290 bits per heavy atom. The van der Waals surface area contributed by atoms with Gasteiger partial charge in [0.2, 0.25) is 0 Å². The zero-order valence-electron chi connectivity index (χ0n) is 30.5. The van der Waals surface area contributed by atoms with E-state index in [0.29, 0.717) is 0 Å². The van der Waals surface area contributed by atoms with Crippen LogP contribution in [0.1, 0.15) is 51.8 Å². The van der Waals surface area contributed by atoms with Crippen molar-refractivity contribution in [2.24, 2.45) is 0 Å². The molecule has 5 aromatic rings. The van der Waals surface area contributed by atoms with Gasteiger partial charge in [-0.1, -0.05) is 0 Å². The van der Waals surface area contributed by atoms with Gasteiger partial charge in [-0.25, -0.2) is 14.4 Å². The first-order valence-corrected chi connectivity index (χ1v) is 15.0. The summed E-state index contributed by atoms with van der Waals surface area (Å²) in [6.07, 6.45) is 0. The van der Waals surface area contributed by atoms with Crippen LogP contribution in [0.15, 0.2) is 60.7 Å². The van der Waals surface area contributed by atoms with Crippen molar-refractivity contribution in [2.45, 2.75) is 0 Å². The minimum atomic E-state index is -1.54. The topological polar surface area (TPSA) is 496 Å². The van der Waals surface area contributed by atoms with Gasteiger partial charge >= 0.3 is 63.4 Å². The van der Waals surface area contributed by atoms with Crippen LogP contribution in [0.5, 0.6) is 86.2 Å². The Kier molecular flexibility index (Phi) is 23.1. The number of carbonyl (C=O) groups is 5. The van der Waals surface area contributed by atoms with E-state index in [-0.39, 0.29) is 97.8 Å². The van der Waals surface area contributed by atoms with Gasteiger partial charge in [-0.2, -0.15) is 0 Å². The van der Waals surface area contributed by atoms with Crippen LogP contribution < -0.4 is 10.2 Å². The number of phenols is 15. The van der Waals surface area contributed by atoms with E-state index in [9.17, 15) is 34.2 Å². The average Bonchev–Trinajstić information content (AvgIpc) is 3.15. The molecular weight excluding hydrogens is 1050 g/mol. The summed E-state index contributed by atoms with van der Waals surface area (Å²) in [5.74, 6) is -17.4. The summed E-state index contributed by atoms with van der Waals surface area (Å²) in [5, 5.41) is 178. The molecule has 27 heteroatoms. The fraction of sp³-hybridized carbons (Fsp3) is 0. The van der Waals surface area contributed by atoms with E-state index in [2.05, 4.69) is 0 Å². The van der Waals surface area contributed by atoms with Crippen molar-refractivity contribution in [1.82, 2.24) is 0 Å². The Morgan fingerprint density at radius 2 is 0.403 bits per heavy atom. The van der Waals surface area contributed by atoms with Crippen LogP contribution in [0.4, 0.5) is 0 Å². The zero-order chi connectivity index (χ0) is 46.5. The van der Waals surface area contributed by atoms with E-state index in [1.807, 2.05) is 0 Å². The van der Waals surface area contributed by atoms with Gasteiger partial charge in [0.15, 0.2) is 86.2 Å². The molecule has 5 rings (SSSR count). The number of aromatic hydroxyl groups is 15. The van der Waals surface area contributed by atoms with Crippen molar-refractivity contribution in [1.29, 1.82) is 0 Å². The van der Waals surface area contributed by atoms with Gasteiger partial charge < -0.3 is 112 Å². The Labute approximate surface area is 408 Å². The molecule has 1 radical (unpaired) electrons. The first kappa shape index (κ1) is 57.2. The molecular formula is C35H28LaO25Sr. The molecule has 0 atom stereocenters. The maximum Gasteiger partial charge on any atom is 2.00 e. The Bertz CT molecular complexity index is 1940. The third kappa shape index (κ3) is 16.6. The second kappa shape index (κ2) is 25.0. The predicted octanol–water partition coefficient (Wildman–Crippen LogP) is -0.542. The van der Waals surface area contributed by atoms with E-state index in [4.69, 9.17) is 91.9 Å². The average molecular weight is 1080 g/mol. The second-order valence-corrected chi connectivity index (χ2v) is 10.8. The number of carbonyl (C=O) groups excluding carboxylic acids is 2. The van der Waals surface area contributed by atoms with Crippen LogP contribution >= 0.6 is 0 Å². The molecule has 0 aliphatic rings. The first-order chi connectivity index (χ1) is 27.6. The van der Waals surface area contributed by atoms with Gasteiger partial charge in [-0.15, -0.1) is 0 Å². The molecule has 0 saturated carbocycles. The van der Waals surface area contributed by atoms with Crippen molar-refractivity contribution in [3.8, 4) is 86.2 Å². The van der Waals surface area contributed by atoms with Crippen molar-refractivity contribution < 1.29 is 162 Å². The summed E-state index contributed by atoms with van der Waals surface area (Å²) in [6.45, 7) is 0. The third-order valence-corrected chi connectivity index (χ3v) is 6.56. The number of rotatable bonds is 5. The number of aromatic carboxylic acids is 5. The molecule has 0 aliphatic heterocycles. The molecule has 0 unspecified atom stereocenters. The van der Waals surface area contributed by atoms with Crippen LogP contribution in [0, 0.1) is 35.6 Å². The largest absolute Gasteiger partial charge is 2.00 e. The predicted molar refractivity (Wildman–Crippen MR) is 192 cm³/mol. The Hall–Kier alpha value is -6.87. The molecule has 18 N–H and O–H groups in total. The fourth-order valence-corrected chi connectivity index (χ4v) is 3.63. The maximum absolute atomic E-state index is 10.3. The summed E-state index contributed by atoms with van der Waals surface area (Å²) in [4.78, 5) is 51.3. The third-order valence-electron chi connectivity index (χ3n) is 6.56. The van der Waals surface area contributed by atoms with Gasteiger partial charge in [0.05, 0.1) is 28.6 Å². The molecule has 0 spiro atoms. The Balaban J connectivity index is 0. The smallest absolute Gasteiger partial charge is 0.545 e. The van der Waals surface area contributed by atoms with Gasteiger partial charge in [0.25, 0.3) is 0 Å². The van der Waals surface area contributed by atoms with Crippen molar-refractivity contribution >= 4 is 75.3 Å². The molecule has 5 aromatic carbocycles. The summed E-state index contributed by atoms with van der Waals surface area (Å²) in [5.41, 5.74) is -1.67. The van der Waals surface area contributed by atoms with Crippen LogP contribution in [0.25, 0.3) is 0 Å². The van der Waals surface area contributed by atoms with Gasteiger partial charge in [-0.05, 0) is 60.7 Å². The summed E-state index contributed by atoms with van der Waals surface area (Å²) >= 11 is 0. The van der Waals surface area contributed by atoms with Gasteiger partial charge in [0.1, 0.15) is 0 Å². The van der Waals surface area contributed by atoms with E-state index in [1.54, 1.807) is 0 Å². The fourth-order valence-electron chi connectivity index (χ4n) is 3.63. The van der Waals surface area contributed by atoms with Gasteiger partial charge in [0, 0.05) is 46.7 Å². The molecule has 0 bridgehead atoms. The molecule has 0 amide bonds. The van der Waals surface area contributed by atoms with Crippen molar-refractivity contribution in [3.05, 3.63) is 88.5 Å². The minimum absolute atomic E-state index is 0.